The van der Waals surface area contributed by atoms with Gasteiger partial charge in [-0.2, -0.15) is 5.26 Å². The van der Waals surface area contributed by atoms with E-state index in [1.54, 1.807) is 12.5 Å². The minimum absolute atomic E-state index is 0.0456. The molecule has 2 aliphatic carbocycles. The molecule has 3 aliphatic rings. The molecule has 1 amide bonds. The van der Waals surface area contributed by atoms with Crippen molar-refractivity contribution in [3.63, 3.8) is 0 Å². The van der Waals surface area contributed by atoms with Gasteiger partial charge in [0.15, 0.2) is 5.78 Å². The molecule has 1 unspecified atom stereocenters. The third-order valence-electron chi connectivity index (χ3n) is 6.25. The number of hydrogen-bond donors (Lipinski definition) is 1. The topological polar surface area (TPSA) is 73.2 Å². The smallest absolute Gasteiger partial charge is 0.225 e. The summed E-state index contributed by atoms with van der Waals surface area (Å²) in [5, 5.41) is 12.7. The number of rotatable bonds is 5. The molecule has 1 saturated heterocycles. The second-order valence-corrected chi connectivity index (χ2v) is 9.42. The van der Waals surface area contributed by atoms with E-state index in [0.717, 1.165) is 18.5 Å². The van der Waals surface area contributed by atoms with Gasteiger partial charge in [-0.15, -0.1) is 0 Å². The molecular weight excluding hydrogens is 338 g/mol. The minimum Gasteiger partial charge on any atom is -0.371 e. The van der Waals surface area contributed by atoms with Gasteiger partial charge >= 0.3 is 0 Å². The Labute approximate surface area is 163 Å². The highest BCUT2D eigenvalue weighted by molar-refractivity contribution is 5.91. The van der Waals surface area contributed by atoms with E-state index in [-0.39, 0.29) is 17.1 Å². The summed E-state index contributed by atoms with van der Waals surface area (Å²) in [6.07, 6.45) is 12.5. The van der Waals surface area contributed by atoms with Crippen LogP contribution < -0.4 is 5.32 Å². The number of likely N-dealkylation sites (tertiary alicyclic amines) is 1. The number of nitriles is 1. The predicted octanol–water partition coefficient (Wildman–Crippen LogP) is 3.52. The first kappa shape index (κ1) is 19.9. The Bertz CT molecular complexity index is 655. The zero-order chi connectivity index (χ0) is 19.5. The summed E-state index contributed by atoms with van der Waals surface area (Å²) in [6, 6.07) is 2.34. The lowest BCUT2D eigenvalue weighted by Crippen LogP contribution is -2.49. The van der Waals surface area contributed by atoms with E-state index in [9.17, 15) is 14.9 Å². The first-order valence-electron chi connectivity index (χ1n) is 10.4. The van der Waals surface area contributed by atoms with E-state index in [4.69, 9.17) is 0 Å². The summed E-state index contributed by atoms with van der Waals surface area (Å²) < 4.78 is 0. The Hall–Kier alpha value is -1.83. The number of allylic oxidation sites excluding steroid dienone is 2. The van der Waals surface area contributed by atoms with E-state index in [1.165, 1.54) is 32.1 Å². The van der Waals surface area contributed by atoms with Crippen LogP contribution in [0.5, 0.6) is 0 Å². The normalized spacial score (nSPS) is 28.6. The molecule has 5 nitrogen and oxygen atoms in total. The maximum atomic E-state index is 12.4. The van der Waals surface area contributed by atoms with Crippen LogP contribution in [0.1, 0.15) is 71.6 Å². The van der Waals surface area contributed by atoms with Gasteiger partial charge in [0.25, 0.3) is 0 Å². The molecule has 0 aromatic heterocycles. The fourth-order valence-corrected chi connectivity index (χ4v) is 4.78. The van der Waals surface area contributed by atoms with Crippen molar-refractivity contribution < 1.29 is 9.59 Å². The summed E-state index contributed by atoms with van der Waals surface area (Å²) in [6.45, 7) is 5.37. The van der Waals surface area contributed by atoms with Gasteiger partial charge in [0.2, 0.25) is 5.91 Å². The Morgan fingerprint density at radius 2 is 2.07 bits per heavy atom. The molecule has 1 heterocycles. The van der Waals surface area contributed by atoms with Crippen molar-refractivity contribution in [3.05, 3.63) is 18.2 Å². The molecule has 2 fully saturated rings. The van der Waals surface area contributed by atoms with Crippen LogP contribution in [0.15, 0.2) is 11.8 Å². The number of nitrogens with zero attached hydrogens (tertiary/aromatic N) is 2. The molecular formula is C22H32N3O2. The third-order valence-corrected chi connectivity index (χ3v) is 6.25. The quantitative estimate of drug-likeness (QED) is 0.804. The van der Waals surface area contributed by atoms with Crippen LogP contribution in [0.2, 0.25) is 0 Å². The average Bonchev–Trinajstić information content (AvgIpc) is 3.04. The van der Waals surface area contributed by atoms with Crippen LogP contribution in [0.4, 0.5) is 0 Å². The molecule has 0 bridgehead atoms. The van der Waals surface area contributed by atoms with E-state index in [1.807, 2.05) is 0 Å². The SMILES string of the molecule is CC1(C)CC(=O)C=C(N2CCC(C#N)(NC(=O)[CH]CC3CCCCC3)C2)C1. The van der Waals surface area contributed by atoms with Gasteiger partial charge in [-0.1, -0.05) is 46.0 Å². The molecule has 147 valence electrons. The monoisotopic (exact) mass is 370 g/mol. The highest BCUT2D eigenvalue weighted by Crippen LogP contribution is 2.37. The molecule has 27 heavy (non-hydrogen) atoms. The van der Waals surface area contributed by atoms with Crippen molar-refractivity contribution in [2.45, 2.75) is 77.2 Å². The summed E-state index contributed by atoms with van der Waals surface area (Å²) >= 11 is 0. The number of ketones is 1. The number of hydrogen-bond acceptors (Lipinski definition) is 4. The number of nitrogens with one attached hydrogen (secondary N) is 1. The molecule has 0 aromatic carbocycles. The first-order valence-corrected chi connectivity index (χ1v) is 10.4. The lowest BCUT2D eigenvalue weighted by molar-refractivity contribution is -0.119. The third kappa shape index (κ3) is 5.12. The molecule has 1 saturated carbocycles. The molecule has 0 spiro atoms. The second kappa shape index (κ2) is 8.04. The molecule has 0 aromatic rings. The van der Waals surface area contributed by atoms with Crippen LogP contribution in [0, 0.1) is 29.1 Å². The van der Waals surface area contributed by atoms with Gasteiger partial charge in [-0.3, -0.25) is 9.59 Å². The highest BCUT2D eigenvalue weighted by Gasteiger charge is 2.42. The zero-order valence-electron chi connectivity index (χ0n) is 16.7. The van der Waals surface area contributed by atoms with Crippen molar-refractivity contribution in [3.8, 4) is 6.07 Å². The second-order valence-electron chi connectivity index (χ2n) is 9.42. The lowest BCUT2D eigenvalue weighted by Gasteiger charge is -2.34. The number of amides is 1. The van der Waals surface area contributed by atoms with Crippen LogP contribution in [0.3, 0.4) is 0 Å². The van der Waals surface area contributed by atoms with Gasteiger partial charge < -0.3 is 10.2 Å². The Morgan fingerprint density at radius 3 is 2.74 bits per heavy atom. The summed E-state index contributed by atoms with van der Waals surface area (Å²) in [5.74, 6) is 0.641. The standard InChI is InChI=1S/C22H32N3O2/c1-21(2)13-18(12-19(26)14-21)25-11-10-22(15-23,16-25)24-20(27)9-8-17-6-4-3-5-7-17/h9,12,17H,3-8,10-11,13-14,16H2,1-2H3,(H,24,27). The van der Waals surface area contributed by atoms with Crippen LogP contribution in [-0.4, -0.2) is 35.2 Å². The van der Waals surface area contributed by atoms with Crippen molar-refractivity contribution in [2.24, 2.45) is 11.3 Å². The van der Waals surface area contributed by atoms with Gasteiger partial charge in [-0.05, 0) is 24.2 Å². The van der Waals surface area contributed by atoms with E-state index < -0.39 is 5.54 Å². The fraction of sp³-hybridized carbons (Fsp3) is 0.727. The Balaban J connectivity index is 1.56. The summed E-state index contributed by atoms with van der Waals surface area (Å²) in [7, 11) is 0. The summed E-state index contributed by atoms with van der Waals surface area (Å²) in [5.41, 5.74) is 0.107. The molecule has 3 rings (SSSR count). The molecule has 1 atom stereocenters. The predicted molar refractivity (Wildman–Crippen MR) is 104 cm³/mol. The zero-order valence-corrected chi connectivity index (χ0v) is 16.7. The molecule has 5 heteroatoms. The molecule has 1 radical (unpaired) electrons. The Kier molecular flexibility index (Phi) is 5.93. The maximum Gasteiger partial charge on any atom is 0.225 e. The number of carbonyl (C=O) groups excluding carboxylic acids is 2. The van der Waals surface area contributed by atoms with Crippen molar-refractivity contribution >= 4 is 11.7 Å². The van der Waals surface area contributed by atoms with E-state index in [0.29, 0.717) is 31.8 Å². The summed E-state index contributed by atoms with van der Waals surface area (Å²) in [4.78, 5) is 26.6. The van der Waals surface area contributed by atoms with Crippen LogP contribution in [0.25, 0.3) is 0 Å². The lowest BCUT2D eigenvalue weighted by atomic mass is 9.78. The molecule has 1 aliphatic heterocycles. The first-order chi connectivity index (χ1) is 12.8. The van der Waals surface area contributed by atoms with Gasteiger partial charge in [0, 0.05) is 37.6 Å². The van der Waals surface area contributed by atoms with Gasteiger partial charge in [-0.25, -0.2) is 0 Å². The van der Waals surface area contributed by atoms with Crippen molar-refractivity contribution in [1.29, 1.82) is 5.26 Å². The fourth-order valence-electron chi connectivity index (χ4n) is 4.78. The van der Waals surface area contributed by atoms with Crippen molar-refractivity contribution in [1.82, 2.24) is 10.2 Å². The van der Waals surface area contributed by atoms with E-state index >= 15 is 0 Å². The maximum absolute atomic E-state index is 12.4. The average molecular weight is 371 g/mol. The van der Waals surface area contributed by atoms with Gasteiger partial charge in [0.1, 0.15) is 5.54 Å². The largest absolute Gasteiger partial charge is 0.371 e. The minimum atomic E-state index is -0.856. The highest BCUT2D eigenvalue weighted by atomic mass is 16.1. The molecule has 1 N–H and O–H groups in total. The van der Waals surface area contributed by atoms with E-state index in [2.05, 4.69) is 30.1 Å². The Morgan fingerprint density at radius 1 is 1.33 bits per heavy atom. The van der Waals surface area contributed by atoms with Crippen molar-refractivity contribution in [2.75, 3.05) is 13.1 Å². The van der Waals surface area contributed by atoms with Gasteiger partial charge in [0.05, 0.1) is 12.6 Å². The number of carbonyl (C=O) groups is 2. The van der Waals surface area contributed by atoms with Crippen LogP contribution in [-0.2, 0) is 9.59 Å². The van der Waals surface area contributed by atoms with Crippen LogP contribution >= 0.6 is 0 Å².